The normalized spacial score (nSPS) is 12.1. The maximum absolute atomic E-state index is 12.5. The molecule has 0 spiro atoms. The van der Waals surface area contributed by atoms with Crippen LogP contribution >= 0.6 is 12.4 Å². The number of sulfone groups is 1. The first-order chi connectivity index (χ1) is 12.9. The van der Waals surface area contributed by atoms with Crippen LogP contribution in [0, 0.1) is 0 Å². The van der Waals surface area contributed by atoms with Gasteiger partial charge in [-0.05, 0) is 42.6 Å². The molecule has 1 unspecified atom stereocenters. The molecule has 3 N–H and O–H groups in total. The molecular weight excluding hydrogens is 396 g/mol. The van der Waals surface area contributed by atoms with Crippen LogP contribution in [-0.4, -0.2) is 27.1 Å². The van der Waals surface area contributed by atoms with Gasteiger partial charge in [-0.1, -0.05) is 55.3 Å². The van der Waals surface area contributed by atoms with Crippen LogP contribution < -0.4 is 11.1 Å². The van der Waals surface area contributed by atoms with Crippen molar-refractivity contribution in [2.24, 2.45) is 5.73 Å². The average molecular weight is 425 g/mol. The summed E-state index contributed by atoms with van der Waals surface area (Å²) in [5.74, 6) is -0.0404. The van der Waals surface area contributed by atoms with Gasteiger partial charge in [-0.15, -0.1) is 12.4 Å². The van der Waals surface area contributed by atoms with E-state index in [0.717, 1.165) is 36.8 Å². The van der Waals surface area contributed by atoms with Gasteiger partial charge in [0.25, 0.3) is 0 Å². The van der Waals surface area contributed by atoms with Gasteiger partial charge in [-0.3, -0.25) is 4.79 Å². The highest BCUT2D eigenvalue weighted by Gasteiger charge is 2.18. The summed E-state index contributed by atoms with van der Waals surface area (Å²) in [5, 5.41) is 3.06. The van der Waals surface area contributed by atoms with Crippen molar-refractivity contribution in [2.45, 2.75) is 43.0 Å². The molecule has 2 rings (SSSR count). The van der Waals surface area contributed by atoms with Crippen LogP contribution in [0.15, 0.2) is 59.5 Å². The highest BCUT2D eigenvalue weighted by molar-refractivity contribution is 7.90. The van der Waals surface area contributed by atoms with Gasteiger partial charge in [0.15, 0.2) is 9.84 Å². The van der Waals surface area contributed by atoms with E-state index in [1.54, 1.807) is 18.2 Å². The van der Waals surface area contributed by atoms with Gasteiger partial charge in [0, 0.05) is 12.7 Å². The zero-order valence-corrected chi connectivity index (χ0v) is 17.8. The van der Waals surface area contributed by atoms with Crippen molar-refractivity contribution in [1.29, 1.82) is 0 Å². The van der Waals surface area contributed by atoms with E-state index in [0.29, 0.717) is 13.0 Å². The van der Waals surface area contributed by atoms with Gasteiger partial charge < -0.3 is 11.1 Å². The number of hydrogen-bond donors (Lipinski definition) is 2. The minimum Gasteiger partial charge on any atom is -0.345 e. The number of rotatable bonds is 10. The second kappa shape index (κ2) is 11.8. The molecule has 0 radical (unpaired) electrons. The average Bonchev–Trinajstić information content (AvgIpc) is 2.66. The Bertz CT molecular complexity index is 842. The quantitative estimate of drug-likeness (QED) is 0.570. The molecule has 1 amide bonds. The zero-order chi connectivity index (χ0) is 19.7. The summed E-state index contributed by atoms with van der Waals surface area (Å²) < 4.78 is 23.8. The molecule has 0 aliphatic heterocycles. The molecule has 2 aromatic rings. The molecular formula is C21H29ClN2O3S. The van der Waals surface area contributed by atoms with Gasteiger partial charge in [0.1, 0.15) is 0 Å². The van der Waals surface area contributed by atoms with Crippen LogP contribution in [-0.2, 0) is 14.6 Å². The van der Waals surface area contributed by atoms with Crippen molar-refractivity contribution < 1.29 is 13.2 Å². The monoisotopic (exact) mass is 424 g/mol. The summed E-state index contributed by atoms with van der Waals surface area (Å²) in [7, 11) is -3.32. The van der Waals surface area contributed by atoms with Crippen LogP contribution in [0.3, 0.4) is 0 Å². The van der Waals surface area contributed by atoms with Crippen LogP contribution in [0.4, 0.5) is 0 Å². The number of carbonyl (C=O) groups excluding carboxylic acids is 1. The fraction of sp³-hybridized carbons (Fsp3) is 0.381. The third kappa shape index (κ3) is 7.62. The third-order valence-electron chi connectivity index (χ3n) is 4.42. The Labute approximate surface area is 174 Å². The van der Waals surface area contributed by atoms with E-state index in [1.807, 2.05) is 36.4 Å². The minimum atomic E-state index is -3.32. The molecule has 1 atom stereocenters. The topological polar surface area (TPSA) is 89.3 Å². The molecule has 0 aliphatic rings. The lowest BCUT2D eigenvalue weighted by Gasteiger charge is -2.20. The summed E-state index contributed by atoms with van der Waals surface area (Å²) in [6.45, 7) is 0.680. The van der Waals surface area contributed by atoms with E-state index in [2.05, 4.69) is 5.32 Å². The molecule has 5 nitrogen and oxygen atoms in total. The SMILES string of the molecule is CS(=O)(=O)c1cccc(C(NC(=O)CCCCCCN)c2ccccc2)c1.Cl. The van der Waals surface area contributed by atoms with Crippen molar-refractivity contribution in [3.05, 3.63) is 65.7 Å². The number of nitrogens with two attached hydrogens (primary N) is 1. The number of unbranched alkanes of at least 4 members (excludes halogenated alkanes) is 3. The predicted molar refractivity (Wildman–Crippen MR) is 115 cm³/mol. The van der Waals surface area contributed by atoms with Crippen LogP contribution in [0.1, 0.15) is 49.3 Å². The number of hydrogen-bond acceptors (Lipinski definition) is 4. The summed E-state index contributed by atoms with van der Waals surface area (Å²) in [6, 6.07) is 15.9. The molecule has 0 saturated heterocycles. The van der Waals surface area contributed by atoms with Gasteiger partial charge in [-0.2, -0.15) is 0 Å². The van der Waals surface area contributed by atoms with Crippen LogP contribution in [0.25, 0.3) is 0 Å². The van der Waals surface area contributed by atoms with E-state index < -0.39 is 9.84 Å². The molecule has 0 aliphatic carbocycles. The molecule has 0 heterocycles. The highest BCUT2D eigenvalue weighted by Crippen LogP contribution is 2.24. The third-order valence-corrected chi connectivity index (χ3v) is 5.53. The molecule has 0 aromatic heterocycles. The summed E-state index contributed by atoms with van der Waals surface area (Å²) >= 11 is 0. The van der Waals surface area contributed by atoms with Gasteiger partial charge in [0.2, 0.25) is 5.91 Å². The minimum absolute atomic E-state index is 0. The maximum atomic E-state index is 12.5. The van der Waals surface area contributed by atoms with Crippen LogP contribution in [0.2, 0.25) is 0 Å². The Morgan fingerprint density at radius 1 is 0.964 bits per heavy atom. The Balaban J connectivity index is 0.00000392. The lowest BCUT2D eigenvalue weighted by Crippen LogP contribution is -2.29. The highest BCUT2D eigenvalue weighted by atomic mass is 35.5. The summed E-state index contributed by atoms with van der Waals surface area (Å²) in [5.41, 5.74) is 7.15. The van der Waals surface area contributed by atoms with E-state index in [9.17, 15) is 13.2 Å². The second-order valence-corrected chi connectivity index (χ2v) is 8.72. The molecule has 2 aromatic carbocycles. The van der Waals surface area contributed by atoms with Crippen molar-refractivity contribution in [3.63, 3.8) is 0 Å². The van der Waals surface area contributed by atoms with E-state index in [4.69, 9.17) is 5.73 Å². The maximum Gasteiger partial charge on any atom is 0.220 e. The Morgan fingerprint density at radius 3 is 2.25 bits per heavy atom. The van der Waals surface area contributed by atoms with Gasteiger partial charge in [-0.25, -0.2) is 8.42 Å². The zero-order valence-electron chi connectivity index (χ0n) is 16.1. The molecule has 0 fully saturated rings. The first-order valence-corrected chi connectivity index (χ1v) is 11.2. The standard InChI is InChI=1S/C21H28N2O3S.ClH/c1-27(25,26)19-13-9-12-18(16-19)21(17-10-5-4-6-11-17)23-20(24)14-7-2-3-8-15-22;/h4-6,9-13,16,21H,2-3,7-8,14-15,22H2,1H3,(H,23,24);1H. The van der Waals surface area contributed by atoms with Crippen molar-refractivity contribution >= 4 is 28.2 Å². The lowest BCUT2D eigenvalue weighted by molar-refractivity contribution is -0.121. The Kier molecular flexibility index (Phi) is 10.2. The second-order valence-electron chi connectivity index (χ2n) is 6.71. The number of benzene rings is 2. The largest absolute Gasteiger partial charge is 0.345 e. The smallest absolute Gasteiger partial charge is 0.220 e. The first-order valence-electron chi connectivity index (χ1n) is 9.26. The fourth-order valence-electron chi connectivity index (χ4n) is 2.95. The number of halogens is 1. The lowest BCUT2D eigenvalue weighted by atomic mass is 9.98. The first kappa shape index (κ1) is 24.1. The number of amides is 1. The van der Waals surface area contributed by atoms with Crippen molar-refractivity contribution in [2.75, 3.05) is 12.8 Å². The van der Waals surface area contributed by atoms with Gasteiger partial charge in [0.05, 0.1) is 10.9 Å². The van der Waals surface area contributed by atoms with E-state index in [1.165, 1.54) is 6.26 Å². The van der Waals surface area contributed by atoms with E-state index in [-0.39, 0.29) is 29.3 Å². The van der Waals surface area contributed by atoms with Crippen LogP contribution in [0.5, 0.6) is 0 Å². The number of carbonyl (C=O) groups is 1. The summed E-state index contributed by atoms with van der Waals surface area (Å²) in [4.78, 5) is 12.7. The van der Waals surface area contributed by atoms with E-state index >= 15 is 0 Å². The Hall–Kier alpha value is -1.89. The molecule has 7 heteroatoms. The van der Waals surface area contributed by atoms with Gasteiger partial charge >= 0.3 is 0 Å². The summed E-state index contributed by atoms with van der Waals surface area (Å²) in [6.07, 6.45) is 5.43. The van der Waals surface area contributed by atoms with Crippen molar-refractivity contribution in [3.8, 4) is 0 Å². The van der Waals surface area contributed by atoms with Crippen molar-refractivity contribution in [1.82, 2.24) is 5.32 Å². The fourth-order valence-corrected chi connectivity index (χ4v) is 3.62. The Morgan fingerprint density at radius 2 is 1.61 bits per heavy atom. The predicted octanol–water partition coefficient (Wildman–Crippen LogP) is 3.63. The molecule has 28 heavy (non-hydrogen) atoms. The molecule has 0 saturated carbocycles. The number of nitrogens with one attached hydrogen (secondary N) is 1. The molecule has 154 valence electrons. The molecule has 0 bridgehead atoms.